The molecule has 1 saturated heterocycles. The minimum atomic E-state index is -0.373. The molecule has 0 aromatic carbocycles. The number of esters is 1. The summed E-state index contributed by atoms with van der Waals surface area (Å²) < 4.78 is 5.13. The molecule has 1 fully saturated rings. The highest BCUT2D eigenvalue weighted by atomic mass is 32.1. The van der Waals surface area contributed by atoms with Crippen molar-refractivity contribution in [2.75, 3.05) is 32.8 Å². The fourth-order valence-electron chi connectivity index (χ4n) is 3.83. The van der Waals surface area contributed by atoms with E-state index in [1.807, 2.05) is 20.8 Å². The second kappa shape index (κ2) is 9.03. The van der Waals surface area contributed by atoms with Crippen molar-refractivity contribution in [3.8, 4) is 0 Å². The molecule has 0 saturated carbocycles. The molecule has 1 unspecified atom stereocenters. The molecule has 3 rings (SSSR count). The van der Waals surface area contributed by atoms with Crippen LogP contribution in [0, 0.1) is 13.8 Å². The van der Waals surface area contributed by atoms with Crippen LogP contribution in [0.3, 0.4) is 0 Å². The van der Waals surface area contributed by atoms with Crippen LogP contribution in [0.1, 0.15) is 51.5 Å². The fourth-order valence-corrected chi connectivity index (χ4v) is 4.49. The summed E-state index contributed by atoms with van der Waals surface area (Å²) in [4.78, 5) is 33.1. The van der Waals surface area contributed by atoms with E-state index in [4.69, 9.17) is 4.74 Å². The van der Waals surface area contributed by atoms with Crippen molar-refractivity contribution < 1.29 is 14.3 Å². The third-order valence-electron chi connectivity index (χ3n) is 5.48. The van der Waals surface area contributed by atoms with Gasteiger partial charge in [0, 0.05) is 38.4 Å². The maximum absolute atomic E-state index is 13.1. The smallest absolute Gasteiger partial charge is 0.340 e. The van der Waals surface area contributed by atoms with E-state index >= 15 is 0 Å². The van der Waals surface area contributed by atoms with E-state index in [1.165, 1.54) is 5.56 Å². The average Bonchev–Trinajstić information content (AvgIpc) is 3.29. The van der Waals surface area contributed by atoms with Crippen molar-refractivity contribution in [1.29, 1.82) is 0 Å². The standard InChI is InChI=1S/C21H29N3O3S/c1-5-27-21(26)18-14(2)19(22-15(18)3)20(25)16(4)24-9-7-23(8-10-24)12-17-6-11-28-13-17/h6,11,13,16,22H,5,7-10,12H2,1-4H3. The summed E-state index contributed by atoms with van der Waals surface area (Å²) >= 11 is 1.73. The second-order valence-corrected chi connectivity index (χ2v) is 8.11. The Labute approximate surface area is 170 Å². The molecule has 6 nitrogen and oxygen atoms in total. The molecule has 0 radical (unpaired) electrons. The van der Waals surface area contributed by atoms with E-state index in [0.29, 0.717) is 29.1 Å². The van der Waals surface area contributed by atoms with E-state index in [1.54, 1.807) is 18.3 Å². The van der Waals surface area contributed by atoms with Crippen LogP contribution in [-0.2, 0) is 11.3 Å². The molecule has 7 heteroatoms. The van der Waals surface area contributed by atoms with Gasteiger partial charge in [-0.3, -0.25) is 14.6 Å². The molecular weight excluding hydrogens is 374 g/mol. The Morgan fingerprint density at radius 3 is 2.57 bits per heavy atom. The van der Waals surface area contributed by atoms with Crippen LogP contribution in [0.4, 0.5) is 0 Å². The number of carbonyl (C=O) groups is 2. The third-order valence-corrected chi connectivity index (χ3v) is 6.22. The predicted molar refractivity (Wildman–Crippen MR) is 111 cm³/mol. The number of nitrogens with one attached hydrogen (secondary N) is 1. The first-order chi connectivity index (χ1) is 13.4. The number of nitrogens with zero attached hydrogens (tertiary/aromatic N) is 2. The van der Waals surface area contributed by atoms with E-state index in [0.717, 1.165) is 32.7 Å². The fraction of sp³-hybridized carbons (Fsp3) is 0.524. The zero-order valence-corrected chi connectivity index (χ0v) is 17.9. The number of aromatic amines is 1. The summed E-state index contributed by atoms with van der Waals surface area (Å²) in [5.74, 6) is -0.343. The zero-order chi connectivity index (χ0) is 20.3. The quantitative estimate of drug-likeness (QED) is 0.568. The van der Waals surface area contributed by atoms with Crippen LogP contribution in [0.15, 0.2) is 16.8 Å². The number of carbonyl (C=O) groups excluding carboxylic acids is 2. The number of ether oxygens (including phenoxy) is 1. The number of ketones is 1. The first-order valence-corrected chi connectivity index (χ1v) is 10.7. The van der Waals surface area contributed by atoms with Gasteiger partial charge >= 0.3 is 5.97 Å². The van der Waals surface area contributed by atoms with E-state index in [9.17, 15) is 9.59 Å². The van der Waals surface area contributed by atoms with Gasteiger partial charge in [-0.15, -0.1) is 0 Å². The van der Waals surface area contributed by atoms with E-state index in [-0.39, 0.29) is 17.8 Å². The highest BCUT2D eigenvalue weighted by molar-refractivity contribution is 7.07. The SMILES string of the molecule is CCOC(=O)c1c(C)[nH]c(C(=O)C(C)N2CCN(Cc3ccsc3)CC2)c1C. The van der Waals surface area contributed by atoms with Crippen LogP contribution in [0.5, 0.6) is 0 Å². The summed E-state index contributed by atoms with van der Waals surface area (Å²) in [7, 11) is 0. The number of piperazine rings is 1. The Morgan fingerprint density at radius 1 is 1.25 bits per heavy atom. The topological polar surface area (TPSA) is 65.6 Å². The minimum absolute atomic E-state index is 0.0300. The number of H-pyrrole nitrogens is 1. The lowest BCUT2D eigenvalue weighted by molar-refractivity contribution is 0.0525. The Hall–Kier alpha value is -1.96. The highest BCUT2D eigenvalue weighted by Crippen LogP contribution is 2.22. The predicted octanol–water partition coefficient (Wildman–Crippen LogP) is 3.26. The molecule has 2 aromatic rings. The first-order valence-electron chi connectivity index (χ1n) is 9.80. The summed E-state index contributed by atoms with van der Waals surface area (Å²) in [6.07, 6.45) is 0. The van der Waals surface area contributed by atoms with Gasteiger partial charge in [-0.1, -0.05) is 0 Å². The molecule has 152 valence electrons. The van der Waals surface area contributed by atoms with Gasteiger partial charge in [-0.2, -0.15) is 11.3 Å². The van der Waals surface area contributed by atoms with Gasteiger partial charge in [-0.05, 0) is 55.6 Å². The Balaban J connectivity index is 1.63. The molecule has 28 heavy (non-hydrogen) atoms. The average molecular weight is 404 g/mol. The van der Waals surface area contributed by atoms with Crippen molar-refractivity contribution in [2.24, 2.45) is 0 Å². The lowest BCUT2D eigenvalue weighted by Crippen LogP contribution is -2.51. The first kappa shape index (κ1) is 20.8. The van der Waals surface area contributed by atoms with Crippen LogP contribution >= 0.6 is 11.3 Å². The van der Waals surface area contributed by atoms with Gasteiger partial charge in [0.15, 0.2) is 5.78 Å². The maximum atomic E-state index is 13.1. The number of aromatic nitrogens is 1. The van der Waals surface area contributed by atoms with Gasteiger partial charge < -0.3 is 9.72 Å². The van der Waals surface area contributed by atoms with Crippen molar-refractivity contribution in [3.63, 3.8) is 0 Å². The zero-order valence-electron chi connectivity index (χ0n) is 17.1. The Kier molecular flexibility index (Phi) is 6.69. The van der Waals surface area contributed by atoms with Crippen LogP contribution in [0.2, 0.25) is 0 Å². The summed E-state index contributed by atoms with van der Waals surface area (Å²) in [6, 6.07) is 1.94. The summed E-state index contributed by atoms with van der Waals surface area (Å²) in [5, 5.41) is 4.30. The molecule has 0 spiro atoms. The molecule has 0 aliphatic carbocycles. The molecule has 1 aliphatic rings. The van der Waals surface area contributed by atoms with E-state index < -0.39 is 0 Å². The number of rotatable bonds is 7. The van der Waals surface area contributed by atoms with Crippen molar-refractivity contribution in [2.45, 2.75) is 40.3 Å². The van der Waals surface area contributed by atoms with Gasteiger partial charge in [0.2, 0.25) is 0 Å². The van der Waals surface area contributed by atoms with E-state index in [2.05, 4.69) is 31.6 Å². The number of thiophene rings is 1. The molecule has 1 aliphatic heterocycles. The third kappa shape index (κ3) is 4.37. The largest absolute Gasteiger partial charge is 0.462 e. The normalized spacial score (nSPS) is 16.9. The van der Waals surface area contributed by atoms with Gasteiger partial charge in [0.1, 0.15) is 0 Å². The number of hydrogen-bond acceptors (Lipinski definition) is 6. The van der Waals surface area contributed by atoms with Gasteiger partial charge in [0.05, 0.1) is 23.9 Å². The second-order valence-electron chi connectivity index (χ2n) is 7.33. The molecule has 1 atom stereocenters. The number of hydrogen-bond donors (Lipinski definition) is 1. The monoisotopic (exact) mass is 403 g/mol. The van der Waals surface area contributed by atoms with Crippen LogP contribution in [-0.4, -0.2) is 65.4 Å². The lowest BCUT2D eigenvalue weighted by Gasteiger charge is -2.37. The van der Waals surface area contributed by atoms with Gasteiger partial charge in [0.25, 0.3) is 0 Å². The lowest BCUT2D eigenvalue weighted by atomic mass is 10.0. The maximum Gasteiger partial charge on any atom is 0.340 e. The van der Waals surface area contributed by atoms with Crippen molar-refractivity contribution >= 4 is 23.1 Å². The van der Waals surface area contributed by atoms with Gasteiger partial charge in [-0.25, -0.2) is 4.79 Å². The molecule has 1 N–H and O–H groups in total. The molecular formula is C21H29N3O3S. The van der Waals surface area contributed by atoms with Crippen molar-refractivity contribution in [1.82, 2.24) is 14.8 Å². The Bertz CT molecular complexity index is 820. The van der Waals surface area contributed by atoms with Crippen LogP contribution < -0.4 is 0 Å². The van der Waals surface area contributed by atoms with Crippen molar-refractivity contribution in [3.05, 3.63) is 44.9 Å². The summed E-state index contributed by atoms with van der Waals surface area (Å²) in [5.41, 5.74) is 3.73. The van der Waals surface area contributed by atoms with Crippen LogP contribution in [0.25, 0.3) is 0 Å². The highest BCUT2D eigenvalue weighted by Gasteiger charge is 2.30. The molecule has 0 amide bonds. The number of aryl methyl sites for hydroxylation is 1. The molecule has 2 aromatic heterocycles. The number of Topliss-reactive ketones (excluding diaryl/α,β-unsaturated/α-hetero) is 1. The summed E-state index contributed by atoms with van der Waals surface area (Å²) in [6.45, 7) is 12.3. The molecule has 0 bridgehead atoms. The Morgan fingerprint density at radius 2 is 1.96 bits per heavy atom. The minimum Gasteiger partial charge on any atom is -0.462 e. The molecule has 3 heterocycles.